The van der Waals surface area contributed by atoms with Crippen LogP contribution < -0.4 is 5.01 Å². The van der Waals surface area contributed by atoms with E-state index in [0.717, 1.165) is 21.6 Å². The zero-order valence-corrected chi connectivity index (χ0v) is 14.5. The smallest absolute Gasteiger partial charge is 0.292 e. The first-order valence-electron chi connectivity index (χ1n) is 7.30. The van der Waals surface area contributed by atoms with E-state index in [2.05, 4.69) is 5.10 Å². The molecule has 1 aromatic rings. The van der Waals surface area contributed by atoms with Crippen molar-refractivity contribution < 1.29 is 19.2 Å². The standard InChI is InChI=1S/C16H14N4O4S/c1-9(21)12-17-20(10-7-5-4-6-8-10)15(25-12)11-13(22)18(2)16(24)19(3)14(11)23/h4-8H,1-3H3. The van der Waals surface area contributed by atoms with Crippen molar-refractivity contribution in [1.29, 1.82) is 0 Å². The number of thioether (sulfide) groups is 1. The molecule has 0 unspecified atom stereocenters. The summed E-state index contributed by atoms with van der Waals surface area (Å²) in [4.78, 5) is 50.5. The lowest BCUT2D eigenvalue weighted by Crippen LogP contribution is -2.53. The molecular formula is C16H14N4O4S. The largest absolute Gasteiger partial charge is 0.333 e. The van der Waals surface area contributed by atoms with E-state index >= 15 is 0 Å². The highest BCUT2D eigenvalue weighted by atomic mass is 32.2. The van der Waals surface area contributed by atoms with Crippen molar-refractivity contribution in [2.75, 3.05) is 19.1 Å². The third-order valence-electron chi connectivity index (χ3n) is 3.70. The van der Waals surface area contributed by atoms with Crippen LogP contribution in [0.5, 0.6) is 0 Å². The van der Waals surface area contributed by atoms with Crippen LogP contribution in [0.15, 0.2) is 46.0 Å². The zero-order valence-electron chi connectivity index (χ0n) is 13.7. The molecule has 0 aromatic heterocycles. The minimum Gasteiger partial charge on any atom is -0.292 e. The normalized spacial score (nSPS) is 18.3. The Bertz CT molecular complexity index is 836. The number of amides is 4. The molecule has 2 aliphatic rings. The summed E-state index contributed by atoms with van der Waals surface area (Å²) in [5.41, 5.74) is 0.398. The minimum atomic E-state index is -0.725. The van der Waals surface area contributed by atoms with Crippen LogP contribution >= 0.6 is 11.8 Å². The van der Waals surface area contributed by atoms with Gasteiger partial charge in [0.15, 0.2) is 10.8 Å². The second kappa shape index (κ2) is 6.17. The Balaban J connectivity index is 2.17. The van der Waals surface area contributed by atoms with Crippen LogP contribution in [0.25, 0.3) is 0 Å². The SMILES string of the molecule is CC(=O)C1=NN(c2ccccc2)C(=C2C(=O)N(C)C(=O)N(C)C2=O)S1. The zero-order chi connectivity index (χ0) is 18.3. The summed E-state index contributed by atoms with van der Waals surface area (Å²) in [7, 11) is 2.60. The molecule has 3 rings (SSSR count). The van der Waals surface area contributed by atoms with Gasteiger partial charge in [-0.1, -0.05) is 18.2 Å². The molecule has 2 heterocycles. The highest BCUT2D eigenvalue weighted by Crippen LogP contribution is 2.38. The highest BCUT2D eigenvalue weighted by molar-refractivity contribution is 8.19. The molecule has 9 heteroatoms. The van der Waals surface area contributed by atoms with Crippen molar-refractivity contribution in [3.8, 4) is 0 Å². The minimum absolute atomic E-state index is 0.161. The number of rotatable bonds is 2. The number of carbonyl (C=O) groups is 4. The molecule has 0 bridgehead atoms. The topological polar surface area (TPSA) is 90.4 Å². The van der Waals surface area contributed by atoms with E-state index in [-0.39, 0.29) is 21.4 Å². The van der Waals surface area contributed by atoms with Gasteiger partial charge in [-0.3, -0.25) is 24.2 Å². The van der Waals surface area contributed by atoms with E-state index in [1.807, 2.05) is 6.07 Å². The summed E-state index contributed by atoms with van der Waals surface area (Å²) in [6, 6.07) is 8.13. The van der Waals surface area contributed by atoms with Gasteiger partial charge in [-0.15, -0.1) is 0 Å². The predicted octanol–water partition coefficient (Wildman–Crippen LogP) is 1.40. The number of para-hydroxylation sites is 1. The first-order chi connectivity index (χ1) is 11.8. The van der Waals surface area contributed by atoms with Crippen LogP contribution in [0.1, 0.15) is 6.92 Å². The van der Waals surface area contributed by atoms with Gasteiger partial charge in [0.1, 0.15) is 10.6 Å². The number of hydrogen-bond donors (Lipinski definition) is 0. The van der Waals surface area contributed by atoms with E-state index < -0.39 is 17.8 Å². The maximum Gasteiger partial charge on any atom is 0.333 e. The van der Waals surface area contributed by atoms with E-state index in [0.29, 0.717) is 5.69 Å². The Morgan fingerprint density at radius 3 is 2.08 bits per heavy atom. The molecular weight excluding hydrogens is 344 g/mol. The van der Waals surface area contributed by atoms with Gasteiger partial charge in [-0.05, 0) is 23.9 Å². The number of hydrogen-bond acceptors (Lipinski definition) is 7. The van der Waals surface area contributed by atoms with Gasteiger partial charge in [0.25, 0.3) is 11.8 Å². The molecule has 0 spiro atoms. The van der Waals surface area contributed by atoms with Crippen molar-refractivity contribution in [3.05, 3.63) is 40.9 Å². The van der Waals surface area contributed by atoms with Crippen molar-refractivity contribution >= 4 is 46.1 Å². The Morgan fingerprint density at radius 2 is 1.56 bits per heavy atom. The second-order valence-electron chi connectivity index (χ2n) is 5.40. The molecule has 0 aliphatic carbocycles. The molecule has 1 aromatic carbocycles. The Labute approximate surface area is 147 Å². The Morgan fingerprint density at radius 1 is 1.00 bits per heavy atom. The number of likely N-dealkylation sites (N-methyl/N-ethyl adjacent to an activating group) is 2. The average Bonchev–Trinajstić information content (AvgIpc) is 3.04. The summed E-state index contributed by atoms with van der Waals surface area (Å²) in [6.07, 6.45) is 0. The van der Waals surface area contributed by atoms with Gasteiger partial charge in [0, 0.05) is 21.0 Å². The van der Waals surface area contributed by atoms with Gasteiger partial charge >= 0.3 is 6.03 Å². The maximum absolute atomic E-state index is 12.6. The molecule has 2 aliphatic heterocycles. The van der Waals surface area contributed by atoms with Crippen LogP contribution in [0.2, 0.25) is 0 Å². The molecule has 0 saturated carbocycles. The van der Waals surface area contributed by atoms with Crippen LogP contribution in [-0.2, 0) is 14.4 Å². The van der Waals surface area contributed by atoms with Crippen molar-refractivity contribution in [1.82, 2.24) is 9.80 Å². The van der Waals surface area contributed by atoms with Crippen molar-refractivity contribution in [2.45, 2.75) is 6.92 Å². The van der Waals surface area contributed by atoms with Gasteiger partial charge in [-0.2, -0.15) is 5.10 Å². The van der Waals surface area contributed by atoms with E-state index in [4.69, 9.17) is 0 Å². The fraction of sp³-hybridized carbons (Fsp3) is 0.188. The summed E-state index contributed by atoms with van der Waals surface area (Å²) in [5, 5.41) is 5.98. The number of barbiturate groups is 1. The maximum atomic E-state index is 12.6. The monoisotopic (exact) mass is 358 g/mol. The molecule has 1 saturated heterocycles. The molecule has 8 nitrogen and oxygen atoms in total. The van der Waals surface area contributed by atoms with Crippen molar-refractivity contribution in [3.63, 3.8) is 0 Å². The third kappa shape index (κ3) is 2.72. The molecule has 0 radical (unpaired) electrons. The van der Waals surface area contributed by atoms with E-state index in [1.54, 1.807) is 24.3 Å². The Kier molecular flexibility index (Phi) is 4.17. The van der Waals surface area contributed by atoms with Crippen LogP contribution in [0.4, 0.5) is 10.5 Å². The third-order valence-corrected chi connectivity index (χ3v) is 4.84. The number of imide groups is 2. The van der Waals surface area contributed by atoms with Crippen LogP contribution in [0, 0.1) is 0 Å². The lowest BCUT2D eigenvalue weighted by Gasteiger charge is -2.30. The van der Waals surface area contributed by atoms with Gasteiger partial charge in [0.05, 0.1) is 5.69 Å². The highest BCUT2D eigenvalue weighted by Gasteiger charge is 2.43. The number of anilines is 1. The number of ketones is 1. The van der Waals surface area contributed by atoms with E-state index in [9.17, 15) is 19.2 Å². The molecule has 128 valence electrons. The van der Waals surface area contributed by atoms with Gasteiger partial charge in [0.2, 0.25) is 0 Å². The first kappa shape index (κ1) is 16.9. The van der Waals surface area contributed by atoms with Crippen LogP contribution in [0.3, 0.4) is 0 Å². The van der Waals surface area contributed by atoms with E-state index in [1.165, 1.54) is 26.0 Å². The molecule has 1 fully saturated rings. The van der Waals surface area contributed by atoms with Gasteiger partial charge in [-0.25, -0.2) is 9.80 Å². The first-order valence-corrected chi connectivity index (χ1v) is 8.11. The van der Waals surface area contributed by atoms with Crippen molar-refractivity contribution in [2.24, 2.45) is 5.10 Å². The lowest BCUT2D eigenvalue weighted by atomic mass is 10.1. The summed E-state index contributed by atoms with van der Waals surface area (Å²) in [6.45, 7) is 1.36. The lowest BCUT2D eigenvalue weighted by molar-refractivity contribution is -0.134. The summed E-state index contributed by atoms with van der Waals surface area (Å²) >= 11 is 0.941. The Hall–Kier alpha value is -2.94. The summed E-state index contributed by atoms with van der Waals surface area (Å²) in [5.74, 6) is -1.73. The summed E-state index contributed by atoms with van der Waals surface area (Å²) < 4.78 is 0. The fourth-order valence-electron chi connectivity index (χ4n) is 2.34. The number of benzene rings is 1. The van der Waals surface area contributed by atoms with Gasteiger partial charge < -0.3 is 0 Å². The predicted molar refractivity (Wildman–Crippen MR) is 92.6 cm³/mol. The number of urea groups is 1. The number of Topliss-reactive ketones (excluding diaryl/α,β-unsaturated/α-hetero) is 1. The quantitative estimate of drug-likeness (QED) is 0.586. The average molecular weight is 358 g/mol. The molecule has 0 N–H and O–H groups in total. The van der Waals surface area contributed by atoms with Crippen LogP contribution in [-0.4, -0.2) is 52.6 Å². The second-order valence-corrected chi connectivity index (χ2v) is 6.38. The molecule has 0 atom stereocenters. The molecule has 4 amide bonds. The number of carbonyl (C=O) groups excluding carboxylic acids is 4. The number of nitrogens with zero attached hydrogens (tertiary/aromatic N) is 4. The number of hydrazone groups is 1. The fourth-order valence-corrected chi connectivity index (χ4v) is 3.30. The molecule has 25 heavy (non-hydrogen) atoms.